The van der Waals surface area contributed by atoms with Gasteiger partial charge in [0.2, 0.25) is 0 Å². The third-order valence-corrected chi connectivity index (χ3v) is 0.971. The van der Waals surface area contributed by atoms with Crippen molar-refractivity contribution in [1.82, 2.24) is 0 Å². The molecule has 0 aromatic rings. The van der Waals surface area contributed by atoms with Crippen molar-refractivity contribution in [3.8, 4) is 0 Å². The van der Waals surface area contributed by atoms with Gasteiger partial charge in [-0.15, -0.1) is 0 Å². The molecule has 3 nitrogen and oxygen atoms in total. The summed E-state index contributed by atoms with van der Waals surface area (Å²) in [5.41, 5.74) is 0. The molecule has 0 aromatic heterocycles. The molecule has 11 heavy (non-hydrogen) atoms. The summed E-state index contributed by atoms with van der Waals surface area (Å²) in [6, 6.07) is 0. The van der Waals surface area contributed by atoms with Crippen LogP contribution in [-0.4, -0.2) is 11.9 Å². The second-order valence-corrected chi connectivity index (χ2v) is 2.04. The molecule has 0 aliphatic rings. The van der Waals surface area contributed by atoms with Gasteiger partial charge in [-0.2, -0.15) is 0 Å². The van der Waals surface area contributed by atoms with E-state index in [1.54, 1.807) is 6.92 Å². The van der Waals surface area contributed by atoms with Crippen LogP contribution >= 0.6 is 0 Å². The van der Waals surface area contributed by atoms with Crippen LogP contribution in [-0.2, 0) is 14.3 Å². The van der Waals surface area contributed by atoms with E-state index in [2.05, 4.69) is 4.74 Å². The van der Waals surface area contributed by atoms with Gasteiger partial charge in [-0.1, -0.05) is 13.0 Å². The van der Waals surface area contributed by atoms with Crippen LogP contribution in [0.25, 0.3) is 0 Å². The quantitative estimate of drug-likeness (QED) is 0.352. The van der Waals surface area contributed by atoms with Gasteiger partial charge in [0.05, 0.1) is 0 Å². The molecule has 0 aliphatic carbocycles. The summed E-state index contributed by atoms with van der Waals surface area (Å²) in [5, 5.41) is 0. The zero-order chi connectivity index (χ0) is 8.69. The van der Waals surface area contributed by atoms with E-state index in [1.165, 1.54) is 12.2 Å². The number of carbonyl (C=O) groups is 2. The van der Waals surface area contributed by atoms with E-state index in [9.17, 15) is 9.59 Å². The molecule has 0 atom stereocenters. The Hall–Kier alpha value is -1.12. The summed E-state index contributed by atoms with van der Waals surface area (Å²) in [5.74, 6) is -1.05. The standard InChI is InChI=1S/C8H12O3/c1-3-5-7(9)11-8(10)6-4-2/h3,5H,4,6H2,1-2H3. The first-order valence-electron chi connectivity index (χ1n) is 3.58. The number of carbonyl (C=O) groups excluding carboxylic acids is 2. The highest BCUT2D eigenvalue weighted by Gasteiger charge is 2.04. The second-order valence-electron chi connectivity index (χ2n) is 2.04. The molecule has 0 aliphatic heterocycles. The molecule has 0 saturated heterocycles. The Labute approximate surface area is 66.0 Å². The van der Waals surface area contributed by atoms with E-state index in [4.69, 9.17) is 0 Å². The summed E-state index contributed by atoms with van der Waals surface area (Å²) in [7, 11) is 0. The second kappa shape index (κ2) is 5.65. The maximum Gasteiger partial charge on any atom is 0.338 e. The van der Waals surface area contributed by atoms with Crippen LogP contribution in [0.15, 0.2) is 12.2 Å². The molecule has 0 bridgehead atoms. The molecule has 0 fully saturated rings. The molecular weight excluding hydrogens is 144 g/mol. The van der Waals surface area contributed by atoms with Crippen LogP contribution in [0.2, 0.25) is 0 Å². The minimum absolute atomic E-state index is 0.295. The summed E-state index contributed by atoms with van der Waals surface area (Å²) < 4.78 is 4.37. The minimum Gasteiger partial charge on any atom is -0.390 e. The summed E-state index contributed by atoms with van der Waals surface area (Å²) in [6.07, 6.45) is 3.74. The average molecular weight is 156 g/mol. The smallest absolute Gasteiger partial charge is 0.338 e. The predicted octanol–water partition coefficient (Wildman–Crippen LogP) is 1.43. The Morgan fingerprint density at radius 1 is 1.45 bits per heavy atom. The van der Waals surface area contributed by atoms with E-state index in [0.29, 0.717) is 12.8 Å². The summed E-state index contributed by atoms with van der Waals surface area (Å²) in [6.45, 7) is 3.53. The Bertz CT molecular complexity index is 170. The maximum absolute atomic E-state index is 10.7. The first-order chi connectivity index (χ1) is 5.20. The Kier molecular flexibility index (Phi) is 5.07. The monoisotopic (exact) mass is 156 g/mol. The van der Waals surface area contributed by atoms with Crippen molar-refractivity contribution in [1.29, 1.82) is 0 Å². The van der Waals surface area contributed by atoms with Crippen molar-refractivity contribution in [2.45, 2.75) is 26.7 Å². The molecule has 0 rings (SSSR count). The average Bonchev–Trinajstić information content (AvgIpc) is 1.87. The van der Waals surface area contributed by atoms with Crippen LogP contribution in [0.3, 0.4) is 0 Å². The molecule has 0 amide bonds. The first-order valence-corrected chi connectivity index (χ1v) is 3.58. The number of allylic oxidation sites excluding steroid dienone is 1. The number of hydrogen-bond acceptors (Lipinski definition) is 3. The fourth-order valence-corrected chi connectivity index (χ4v) is 0.537. The maximum atomic E-state index is 10.7. The molecule has 62 valence electrons. The molecular formula is C8H12O3. The lowest BCUT2D eigenvalue weighted by Crippen LogP contribution is -2.08. The predicted molar refractivity (Wildman–Crippen MR) is 40.8 cm³/mol. The van der Waals surface area contributed by atoms with E-state index in [-0.39, 0.29) is 0 Å². The minimum atomic E-state index is -0.592. The van der Waals surface area contributed by atoms with Crippen molar-refractivity contribution < 1.29 is 14.3 Å². The number of hydrogen-bond donors (Lipinski definition) is 0. The van der Waals surface area contributed by atoms with E-state index in [0.717, 1.165) is 0 Å². The Morgan fingerprint density at radius 3 is 2.55 bits per heavy atom. The normalized spacial score (nSPS) is 10.0. The zero-order valence-corrected chi connectivity index (χ0v) is 6.79. The van der Waals surface area contributed by atoms with E-state index < -0.39 is 11.9 Å². The Balaban J connectivity index is 3.66. The number of rotatable bonds is 3. The van der Waals surface area contributed by atoms with Gasteiger partial charge in [-0.3, -0.25) is 4.79 Å². The van der Waals surface area contributed by atoms with Gasteiger partial charge in [0.15, 0.2) is 0 Å². The van der Waals surface area contributed by atoms with Crippen molar-refractivity contribution in [2.75, 3.05) is 0 Å². The van der Waals surface area contributed by atoms with Gasteiger partial charge >= 0.3 is 11.9 Å². The van der Waals surface area contributed by atoms with Crippen molar-refractivity contribution in [3.05, 3.63) is 12.2 Å². The third-order valence-electron chi connectivity index (χ3n) is 0.971. The summed E-state index contributed by atoms with van der Waals surface area (Å²) >= 11 is 0. The van der Waals surface area contributed by atoms with Crippen molar-refractivity contribution in [3.63, 3.8) is 0 Å². The largest absolute Gasteiger partial charge is 0.390 e. The topological polar surface area (TPSA) is 43.4 Å². The van der Waals surface area contributed by atoms with Gasteiger partial charge in [0.25, 0.3) is 0 Å². The van der Waals surface area contributed by atoms with E-state index >= 15 is 0 Å². The fraction of sp³-hybridized carbons (Fsp3) is 0.500. The molecule has 0 heterocycles. The molecule has 0 spiro atoms. The molecule has 0 saturated carbocycles. The number of esters is 2. The van der Waals surface area contributed by atoms with Crippen LogP contribution < -0.4 is 0 Å². The molecule has 0 unspecified atom stereocenters. The van der Waals surface area contributed by atoms with Crippen LogP contribution in [0.5, 0.6) is 0 Å². The highest BCUT2D eigenvalue weighted by atomic mass is 16.6. The van der Waals surface area contributed by atoms with Gasteiger partial charge in [0.1, 0.15) is 0 Å². The first kappa shape index (κ1) is 9.88. The van der Waals surface area contributed by atoms with Crippen molar-refractivity contribution in [2.24, 2.45) is 0 Å². The molecule has 3 heteroatoms. The molecule has 0 aromatic carbocycles. The van der Waals surface area contributed by atoms with E-state index in [1.807, 2.05) is 6.92 Å². The third kappa shape index (κ3) is 5.33. The van der Waals surface area contributed by atoms with Gasteiger partial charge in [-0.05, 0) is 13.3 Å². The lowest BCUT2D eigenvalue weighted by atomic mass is 10.3. The number of ether oxygens (including phenoxy) is 1. The zero-order valence-electron chi connectivity index (χ0n) is 6.79. The highest BCUT2D eigenvalue weighted by molar-refractivity contribution is 5.91. The van der Waals surface area contributed by atoms with Crippen LogP contribution in [0, 0.1) is 0 Å². The van der Waals surface area contributed by atoms with Crippen molar-refractivity contribution >= 4 is 11.9 Å². The van der Waals surface area contributed by atoms with Gasteiger partial charge in [-0.25, -0.2) is 4.79 Å². The SMILES string of the molecule is CC=CC(=O)OC(=O)CCC. The van der Waals surface area contributed by atoms with Gasteiger partial charge in [0, 0.05) is 12.5 Å². The van der Waals surface area contributed by atoms with Crippen LogP contribution in [0.4, 0.5) is 0 Å². The summed E-state index contributed by atoms with van der Waals surface area (Å²) in [4.78, 5) is 21.2. The highest BCUT2D eigenvalue weighted by Crippen LogP contribution is 1.92. The Morgan fingerprint density at radius 2 is 2.09 bits per heavy atom. The fourth-order valence-electron chi connectivity index (χ4n) is 0.537. The van der Waals surface area contributed by atoms with Crippen LogP contribution in [0.1, 0.15) is 26.7 Å². The molecule has 0 radical (unpaired) electrons. The lowest BCUT2D eigenvalue weighted by molar-refractivity contribution is -0.156. The van der Waals surface area contributed by atoms with Gasteiger partial charge < -0.3 is 4.74 Å². The molecule has 0 N–H and O–H groups in total. The lowest BCUT2D eigenvalue weighted by Gasteiger charge is -1.95.